The van der Waals surface area contributed by atoms with Crippen LogP contribution in [0, 0.1) is 0 Å². The molecule has 18 rings (SSSR count). The zero-order valence-electron chi connectivity index (χ0n) is 40.6. The van der Waals surface area contributed by atoms with Crippen molar-refractivity contribution in [3.8, 4) is 11.1 Å². The molecule has 0 aromatic heterocycles. The minimum absolute atomic E-state index is 0.195. The van der Waals surface area contributed by atoms with Crippen LogP contribution in [0.1, 0.15) is 90.4 Å². The predicted octanol–water partition coefficient (Wildman–Crippen LogP) is 18.6. The summed E-state index contributed by atoms with van der Waals surface area (Å²) in [7, 11) is 0. The van der Waals surface area contributed by atoms with E-state index in [1.807, 2.05) is 0 Å². The van der Waals surface area contributed by atoms with Crippen molar-refractivity contribution in [3.63, 3.8) is 0 Å². The number of rotatable bonds is 7. The Bertz CT molecular complexity index is 3870. The molecule has 0 radical (unpaired) electrons. The summed E-state index contributed by atoms with van der Waals surface area (Å²) in [5.74, 6) is 0.863. The van der Waals surface area contributed by atoms with Crippen LogP contribution >= 0.6 is 0 Å². The molecule has 0 atom stereocenters. The lowest BCUT2D eigenvalue weighted by molar-refractivity contribution is 0.754. The fraction of sp³-hybridized carbons (Fsp3) is 0.0556. The first-order valence-electron chi connectivity index (χ1n) is 26.1. The maximum Gasteiger partial charge on any atom is 0.0468 e. The highest BCUT2D eigenvalue weighted by Gasteiger charge is 2.43. The highest BCUT2D eigenvalue weighted by atomic mass is 15.1. The van der Waals surface area contributed by atoms with Gasteiger partial charge in [-0.3, -0.25) is 0 Å². The monoisotopic (exact) mass is 940 g/mol. The first kappa shape index (κ1) is 41.4. The van der Waals surface area contributed by atoms with Crippen LogP contribution in [-0.2, 0) is 0 Å². The summed E-state index contributed by atoms with van der Waals surface area (Å²) in [5, 5.41) is 4.92. The smallest absolute Gasteiger partial charge is 0.0468 e. The Hall–Kier alpha value is -9.24. The Kier molecular flexibility index (Phi) is 9.02. The Balaban J connectivity index is 0.776. The molecule has 2 heteroatoms. The van der Waals surface area contributed by atoms with Crippen molar-refractivity contribution in [1.82, 2.24) is 0 Å². The van der Waals surface area contributed by atoms with Gasteiger partial charge in [-0.25, -0.2) is 0 Å². The third-order valence-corrected chi connectivity index (χ3v) is 16.9. The van der Waals surface area contributed by atoms with E-state index in [1.54, 1.807) is 0 Å². The Morgan fingerprint density at radius 3 is 0.757 bits per heavy atom. The minimum atomic E-state index is 0.195. The molecule has 74 heavy (non-hydrogen) atoms. The predicted molar refractivity (Wildman–Crippen MR) is 306 cm³/mol. The van der Waals surface area contributed by atoms with E-state index < -0.39 is 0 Å². The van der Waals surface area contributed by atoms with Gasteiger partial charge in [-0.15, -0.1) is 0 Å². The lowest BCUT2D eigenvalue weighted by Crippen LogP contribution is -2.27. The van der Waals surface area contributed by atoms with E-state index >= 15 is 0 Å². The molecule has 0 amide bonds. The molecular formula is C72H48N2. The van der Waals surface area contributed by atoms with Crippen molar-refractivity contribution >= 4 is 55.7 Å². The molecule has 346 valence electrons. The highest BCUT2D eigenvalue weighted by Crippen LogP contribution is 2.58. The largest absolute Gasteiger partial charge is 0.310 e. The average Bonchev–Trinajstić information content (AvgIpc) is 3.55. The van der Waals surface area contributed by atoms with E-state index in [2.05, 4.69) is 277 Å². The van der Waals surface area contributed by atoms with Gasteiger partial charge in [0, 0.05) is 57.8 Å². The average molecular weight is 941 g/mol. The van der Waals surface area contributed by atoms with Crippen LogP contribution in [0.15, 0.2) is 267 Å². The summed E-state index contributed by atoms with van der Waals surface area (Å²) in [5.41, 5.74) is 26.3. The topological polar surface area (TPSA) is 6.48 Å². The normalized spacial score (nSPS) is 16.9. The lowest BCUT2D eigenvalue weighted by atomic mass is 9.61. The van der Waals surface area contributed by atoms with Crippen molar-refractivity contribution in [2.24, 2.45) is 0 Å². The number of anilines is 6. The maximum atomic E-state index is 2.48. The van der Waals surface area contributed by atoms with Crippen LogP contribution in [0.3, 0.4) is 0 Å². The van der Waals surface area contributed by atoms with Gasteiger partial charge in [-0.05, 0) is 172 Å². The zero-order chi connectivity index (χ0) is 48.4. The van der Waals surface area contributed by atoms with Crippen molar-refractivity contribution in [3.05, 3.63) is 334 Å². The van der Waals surface area contributed by atoms with Crippen LogP contribution in [0.25, 0.3) is 32.7 Å². The van der Waals surface area contributed by atoms with E-state index in [1.165, 1.54) is 99.4 Å². The molecule has 6 aliphatic carbocycles. The van der Waals surface area contributed by atoms with E-state index in [0.29, 0.717) is 0 Å². The molecule has 0 saturated carbocycles. The van der Waals surface area contributed by atoms with Crippen LogP contribution in [0.2, 0.25) is 0 Å². The quantitative estimate of drug-likeness (QED) is 0.157. The number of fused-ring (bicyclic) bond motifs is 2. The molecular weight excluding hydrogens is 893 g/mol. The van der Waals surface area contributed by atoms with Crippen LogP contribution in [-0.4, -0.2) is 0 Å². The number of nitrogens with zero attached hydrogens (tertiary/aromatic N) is 2. The van der Waals surface area contributed by atoms with E-state index in [9.17, 15) is 0 Å². The standard InChI is InChI=1S/C72H48N2/c1-3-15-49-41-53(35-29-45(49)13-1)73(55-37-39-65-67(43-55)71-61-21-9-5-17-57(61)69(65)58-18-6-10-22-62(58)71)51-31-25-47(26-32-51)48-27-33-52(34-28-48)74(54-36-30-46-14-2-4-16-50(46)42-54)56-38-40-66-68(44-56)72-63-23-11-7-19-59(63)70(66)60-20-8-12-24-64(60)72/h1-44,69-72H. The third-order valence-electron chi connectivity index (χ3n) is 16.9. The van der Waals surface area contributed by atoms with Crippen LogP contribution in [0.4, 0.5) is 34.1 Å². The SMILES string of the molecule is c1ccc2c(c1)C1c3ccccc3C2c2cc(N(c3ccc(-c4ccc(N(c5ccc6c(c5)C5c7ccccc7C6c6ccccc65)c5ccc6ccccc6c5)cc4)cc3)c3ccc4ccccc4c3)ccc21. The van der Waals surface area contributed by atoms with Gasteiger partial charge in [0.25, 0.3) is 0 Å². The summed E-state index contributed by atoms with van der Waals surface area (Å²) >= 11 is 0. The first-order valence-corrected chi connectivity index (χ1v) is 26.1. The highest BCUT2D eigenvalue weighted by molar-refractivity contribution is 5.92. The van der Waals surface area contributed by atoms with Crippen molar-refractivity contribution in [2.45, 2.75) is 23.7 Å². The van der Waals surface area contributed by atoms with Crippen LogP contribution < -0.4 is 9.80 Å². The molecule has 6 aliphatic rings. The Labute approximate surface area is 431 Å². The molecule has 0 N–H and O–H groups in total. The second-order valence-electron chi connectivity index (χ2n) is 20.7. The Morgan fingerprint density at radius 2 is 0.419 bits per heavy atom. The van der Waals surface area contributed by atoms with Crippen molar-refractivity contribution in [2.75, 3.05) is 9.80 Å². The molecule has 0 heterocycles. The van der Waals surface area contributed by atoms with Gasteiger partial charge in [-0.1, -0.05) is 194 Å². The molecule has 12 aromatic carbocycles. The van der Waals surface area contributed by atoms with Gasteiger partial charge in [0.15, 0.2) is 0 Å². The van der Waals surface area contributed by atoms with Gasteiger partial charge >= 0.3 is 0 Å². The second-order valence-corrected chi connectivity index (χ2v) is 20.7. The molecule has 4 bridgehead atoms. The number of hydrogen-bond acceptors (Lipinski definition) is 2. The van der Waals surface area contributed by atoms with Crippen molar-refractivity contribution < 1.29 is 0 Å². The van der Waals surface area contributed by atoms with E-state index in [4.69, 9.17) is 0 Å². The van der Waals surface area contributed by atoms with Gasteiger partial charge in [0.2, 0.25) is 0 Å². The Morgan fingerprint density at radius 1 is 0.176 bits per heavy atom. The summed E-state index contributed by atoms with van der Waals surface area (Å²) in [6.45, 7) is 0. The summed E-state index contributed by atoms with van der Waals surface area (Å²) in [6.07, 6.45) is 0. The van der Waals surface area contributed by atoms with Crippen LogP contribution in [0.5, 0.6) is 0 Å². The third kappa shape index (κ3) is 6.18. The van der Waals surface area contributed by atoms with Gasteiger partial charge < -0.3 is 9.80 Å². The number of benzene rings is 12. The van der Waals surface area contributed by atoms with Crippen molar-refractivity contribution in [1.29, 1.82) is 0 Å². The summed E-state index contributed by atoms with van der Waals surface area (Å²) in [6, 6.07) is 100. The summed E-state index contributed by atoms with van der Waals surface area (Å²) < 4.78 is 0. The molecule has 0 aliphatic heterocycles. The van der Waals surface area contributed by atoms with Gasteiger partial charge in [0.1, 0.15) is 0 Å². The van der Waals surface area contributed by atoms with E-state index in [-0.39, 0.29) is 23.7 Å². The van der Waals surface area contributed by atoms with Gasteiger partial charge in [-0.2, -0.15) is 0 Å². The fourth-order valence-corrected chi connectivity index (χ4v) is 13.7. The van der Waals surface area contributed by atoms with E-state index in [0.717, 1.165) is 34.1 Å². The fourth-order valence-electron chi connectivity index (χ4n) is 13.7. The molecule has 12 aromatic rings. The zero-order valence-corrected chi connectivity index (χ0v) is 40.6. The lowest BCUT2D eigenvalue weighted by Gasteiger charge is -2.42. The second kappa shape index (κ2) is 16.1. The molecule has 0 saturated heterocycles. The summed E-state index contributed by atoms with van der Waals surface area (Å²) in [4.78, 5) is 4.89. The minimum Gasteiger partial charge on any atom is -0.310 e. The molecule has 0 spiro atoms. The number of hydrogen-bond donors (Lipinski definition) is 0. The molecule has 0 fully saturated rings. The first-order chi connectivity index (χ1) is 36.7. The molecule has 2 nitrogen and oxygen atoms in total. The van der Waals surface area contributed by atoms with Gasteiger partial charge in [0.05, 0.1) is 0 Å². The maximum absolute atomic E-state index is 2.48. The molecule has 0 unspecified atom stereocenters.